The molecule has 158 valence electrons. The minimum absolute atomic E-state index is 0.0525. The molecule has 0 saturated heterocycles. The minimum Gasteiger partial charge on any atom is -0.506 e. The Morgan fingerprint density at radius 2 is 1.22 bits per heavy atom. The highest BCUT2D eigenvalue weighted by molar-refractivity contribution is 7.98. The van der Waals surface area contributed by atoms with Crippen LogP contribution in [0, 0.1) is 10.1 Å². The summed E-state index contributed by atoms with van der Waals surface area (Å²) in [6, 6.07) is 34.9. The molecule has 4 aromatic carbocycles. The predicted octanol–water partition coefficient (Wildman–Crippen LogP) is 5.18. The third-order valence-electron chi connectivity index (χ3n) is 5.22. The first-order chi connectivity index (χ1) is 15.6. The molecule has 0 atom stereocenters. The zero-order valence-corrected chi connectivity index (χ0v) is 18.1. The maximum Gasteiger partial charge on any atom is 0.271 e. The molecule has 6 heteroatoms. The van der Waals surface area contributed by atoms with Gasteiger partial charge in [0.25, 0.3) is 5.69 Å². The van der Waals surface area contributed by atoms with Gasteiger partial charge in [-0.2, -0.15) is 0 Å². The first kappa shape index (κ1) is 21.3. The van der Waals surface area contributed by atoms with Crippen molar-refractivity contribution in [2.45, 2.75) is 0 Å². The number of nitrogens with zero attached hydrogens (tertiary/aromatic N) is 1. The average Bonchev–Trinajstić information content (AvgIpc) is 2.84. The third-order valence-corrected chi connectivity index (χ3v) is 9.15. The van der Waals surface area contributed by atoms with E-state index in [9.17, 15) is 15.2 Å². The number of nitro groups is 1. The van der Waals surface area contributed by atoms with Crippen LogP contribution in [0.15, 0.2) is 121 Å². The topological polar surface area (TPSA) is 75.4 Å². The zero-order chi connectivity index (χ0) is 22.4. The van der Waals surface area contributed by atoms with Crippen molar-refractivity contribution < 1.29 is 10.0 Å². The Morgan fingerprint density at radius 3 is 1.66 bits per heavy atom. The summed E-state index contributed by atoms with van der Waals surface area (Å²) in [7, 11) is -2.19. The van der Waals surface area contributed by atoms with Crippen LogP contribution in [-0.4, -0.2) is 10.0 Å². The van der Waals surface area contributed by atoms with Crippen molar-refractivity contribution in [1.29, 1.82) is 0 Å². The number of hydrogen-bond acceptors (Lipinski definition) is 4. The Balaban J connectivity index is 1.85. The number of nitrogens with one attached hydrogen (secondary N) is 1. The van der Waals surface area contributed by atoms with Gasteiger partial charge in [0.1, 0.15) is 28.9 Å². The van der Waals surface area contributed by atoms with E-state index in [1.807, 2.05) is 54.6 Å². The minimum atomic E-state index is -2.19. The van der Waals surface area contributed by atoms with Crippen molar-refractivity contribution >= 4 is 34.6 Å². The van der Waals surface area contributed by atoms with Crippen molar-refractivity contribution in [3.63, 3.8) is 0 Å². The van der Waals surface area contributed by atoms with Gasteiger partial charge in [0.05, 0.1) is 16.4 Å². The normalized spacial score (nSPS) is 11.4. The van der Waals surface area contributed by atoms with E-state index in [1.165, 1.54) is 34.1 Å². The fraction of sp³-hybridized carbons (Fsp3) is 0. The van der Waals surface area contributed by atoms with Crippen molar-refractivity contribution in [2.24, 2.45) is 0 Å². The van der Waals surface area contributed by atoms with Gasteiger partial charge in [0, 0.05) is 18.3 Å². The number of phenolic OH excluding ortho intramolecular Hbond substituents is 1. The van der Waals surface area contributed by atoms with Crippen molar-refractivity contribution in [2.75, 3.05) is 5.32 Å². The van der Waals surface area contributed by atoms with Gasteiger partial charge < -0.3 is 10.4 Å². The van der Waals surface area contributed by atoms with Crippen LogP contribution >= 0.6 is 7.26 Å². The standard InChI is InChI=1S/C26H21N2O3P/c29-26-17-16-21(28(30)31)20-25(26)27-18-19-32(22-10-4-1-5-11-22,23-12-6-2-7-13-23)24-14-8-3-9-15-24/h1-20,27H/p+1. The zero-order valence-electron chi connectivity index (χ0n) is 17.2. The molecule has 32 heavy (non-hydrogen) atoms. The summed E-state index contributed by atoms with van der Waals surface area (Å²) in [5.41, 5.74) is 0.191. The maximum atomic E-state index is 11.1. The molecule has 4 rings (SSSR count). The van der Waals surface area contributed by atoms with Gasteiger partial charge in [-0.25, -0.2) is 0 Å². The van der Waals surface area contributed by atoms with Crippen molar-refractivity contribution in [3.05, 3.63) is 131 Å². The molecule has 0 unspecified atom stereocenters. The number of non-ortho nitro benzene ring substituents is 1. The number of rotatable bonds is 7. The van der Waals surface area contributed by atoms with E-state index in [4.69, 9.17) is 0 Å². The summed E-state index contributed by atoms with van der Waals surface area (Å²) in [5.74, 6) is 2.08. The second-order valence-corrected chi connectivity index (χ2v) is 10.4. The lowest BCUT2D eigenvalue weighted by Gasteiger charge is -2.24. The van der Waals surface area contributed by atoms with E-state index in [2.05, 4.69) is 47.5 Å². The van der Waals surface area contributed by atoms with E-state index >= 15 is 0 Å². The SMILES string of the molecule is O=[N+]([O-])c1ccc(O)c(NC=C[P+](c2ccccc2)(c2ccccc2)c2ccccc2)c1. The van der Waals surface area contributed by atoms with Crippen LogP contribution in [0.5, 0.6) is 5.75 Å². The molecule has 0 aliphatic heterocycles. The molecule has 5 nitrogen and oxygen atoms in total. The van der Waals surface area contributed by atoms with Gasteiger partial charge in [-0.05, 0) is 42.5 Å². The van der Waals surface area contributed by atoms with Gasteiger partial charge in [0.15, 0.2) is 0 Å². The van der Waals surface area contributed by atoms with Gasteiger partial charge >= 0.3 is 0 Å². The van der Waals surface area contributed by atoms with Gasteiger partial charge in [-0.3, -0.25) is 10.1 Å². The lowest BCUT2D eigenvalue weighted by Crippen LogP contribution is -2.29. The Kier molecular flexibility index (Phi) is 6.29. The quantitative estimate of drug-likeness (QED) is 0.179. The lowest BCUT2D eigenvalue weighted by atomic mass is 10.2. The molecule has 0 aromatic heterocycles. The third kappa shape index (κ3) is 4.25. The highest BCUT2D eigenvalue weighted by atomic mass is 31.2. The fourth-order valence-electron chi connectivity index (χ4n) is 3.69. The molecule has 0 spiro atoms. The highest BCUT2D eigenvalue weighted by Crippen LogP contribution is 2.56. The number of hydrogen-bond donors (Lipinski definition) is 2. The number of aromatic hydroxyl groups is 1. The smallest absolute Gasteiger partial charge is 0.271 e. The molecule has 0 radical (unpaired) electrons. The lowest BCUT2D eigenvalue weighted by molar-refractivity contribution is -0.384. The molecule has 0 aliphatic carbocycles. The Bertz CT molecular complexity index is 1130. The molecule has 0 fully saturated rings. The summed E-state index contributed by atoms with van der Waals surface area (Å²) in [5, 5.41) is 27.9. The molecule has 0 aliphatic rings. The van der Waals surface area contributed by atoms with E-state index in [-0.39, 0.29) is 17.1 Å². The van der Waals surface area contributed by atoms with E-state index in [0.717, 1.165) is 0 Å². The van der Waals surface area contributed by atoms with Crippen LogP contribution in [-0.2, 0) is 0 Å². The summed E-state index contributed by atoms with van der Waals surface area (Å²) >= 11 is 0. The summed E-state index contributed by atoms with van der Waals surface area (Å²) < 4.78 is 0. The second kappa shape index (κ2) is 9.46. The molecule has 0 heterocycles. The van der Waals surface area contributed by atoms with Crippen LogP contribution < -0.4 is 21.2 Å². The largest absolute Gasteiger partial charge is 0.506 e. The van der Waals surface area contributed by atoms with Gasteiger partial charge in [0.2, 0.25) is 0 Å². The highest BCUT2D eigenvalue weighted by Gasteiger charge is 2.43. The Morgan fingerprint density at radius 1 is 0.750 bits per heavy atom. The maximum absolute atomic E-state index is 11.1. The summed E-state index contributed by atoms with van der Waals surface area (Å²) in [6.45, 7) is 0. The van der Waals surface area contributed by atoms with Gasteiger partial charge in [-0.15, -0.1) is 0 Å². The molecule has 2 N–H and O–H groups in total. The molecular weight excluding hydrogens is 419 g/mol. The first-order valence-electron chi connectivity index (χ1n) is 10.1. The van der Waals surface area contributed by atoms with Crippen molar-refractivity contribution in [3.8, 4) is 5.75 Å². The van der Waals surface area contributed by atoms with Crippen LogP contribution in [0.3, 0.4) is 0 Å². The van der Waals surface area contributed by atoms with E-state index < -0.39 is 12.2 Å². The molecule has 0 saturated carbocycles. The molecule has 0 bridgehead atoms. The number of phenols is 1. The summed E-state index contributed by atoms with van der Waals surface area (Å²) in [4.78, 5) is 10.7. The monoisotopic (exact) mass is 441 g/mol. The number of anilines is 1. The van der Waals surface area contributed by atoms with Crippen LogP contribution in [0.2, 0.25) is 0 Å². The van der Waals surface area contributed by atoms with Crippen LogP contribution in [0.1, 0.15) is 0 Å². The summed E-state index contributed by atoms with van der Waals surface area (Å²) in [6.07, 6.45) is 1.78. The molecule has 4 aromatic rings. The predicted molar refractivity (Wildman–Crippen MR) is 133 cm³/mol. The van der Waals surface area contributed by atoms with E-state index in [1.54, 1.807) is 6.20 Å². The Hall–Kier alpha value is -3.95. The van der Waals surface area contributed by atoms with Gasteiger partial charge in [-0.1, -0.05) is 54.6 Å². The first-order valence-corrected chi connectivity index (χ1v) is 11.9. The van der Waals surface area contributed by atoms with Crippen molar-refractivity contribution in [1.82, 2.24) is 0 Å². The number of benzene rings is 4. The average molecular weight is 441 g/mol. The fourth-order valence-corrected chi connectivity index (χ4v) is 7.32. The Labute approximate surface area is 187 Å². The molecule has 0 amide bonds. The second-order valence-electron chi connectivity index (χ2n) is 7.15. The molecular formula is C26H22N2O3P+. The van der Waals surface area contributed by atoms with Crippen LogP contribution in [0.4, 0.5) is 11.4 Å². The van der Waals surface area contributed by atoms with E-state index in [0.29, 0.717) is 0 Å². The number of nitro benzene ring substituents is 1. The van der Waals surface area contributed by atoms with Crippen LogP contribution in [0.25, 0.3) is 0 Å².